The largest absolute Gasteiger partial charge is 0.493 e. The van der Waals surface area contributed by atoms with Crippen LogP contribution >= 0.6 is 22.9 Å². The molecule has 23 heavy (non-hydrogen) atoms. The lowest BCUT2D eigenvalue weighted by molar-refractivity contribution is 0.0601. The fraction of sp³-hybridized carbons (Fsp3) is 0.200. The van der Waals surface area contributed by atoms with Gasteiger partial charge in [0.2, 0.25) is 0 Å². The van der Waals surface area contributed by atoms with E-state index >= 15 is 0 Å². The van der Waals surface area contributed by atoms with Gasteiger partial charge in [-0.15, -0.1) is 11.3 Å². The van der Waals surface area contributed by atoms with E-state index < -0.39 is 5.97 Å². The first-order chi connectivity index (χ1) is 11.0. The van der Waals surface area contributed by atoms with Gasteiger partial charge in [-0.3, -0.25) is 4.79 Å². The summed E-state index contributed by atoms with van der Waals surface area (Å²) in [6.07, 6.45) is 0. The molecule has 0 saturated carbocycles. The molecule has 1 N–H and O–H groups in total. The highest BCUT2D eigenvalue weighted by Gasteiger charge is 2.20. The Kier molecular flexibility index (Phi) is 5.46. The highest BCUT2D eigenvalue weighted by atomic mass is 35.5. The van der Waals surface area contributed by atoms with Gasteiger partial charge >= 0.3 is 5.97 Å². The number of anilines is 1. The number of hydrogen-bond donors (Lipinski definition) is 1. The highest BCUT2D eigenvalue weighted by molar-refractivity contribution is 7.18. The maximum Gasteiger partial charge on any atom is 0.340 e. The maximum absolute atomic E-state index is 12.3. The smallest absolute Gasteiger partial charge is 0.340 e. The molecular formula is C15H14ClNO5S. The van der Waals surface area contributed by atoms with Crippen LogP contribution in [0.25, 0.3) is 0 Å². The molecule has 0 fully saturated rings. The van der Waals surface area contributed by atoms with Gasteiger partial charge in [0, 0.05) is 12.1 Å². The van der Waals surface area contributed by atoms with Crippen LogP contribution in [-0.4, -0.2) is 33.2 Å². The third-order valence-corrected chi connectivity index (χ3v) is 4.20. The predicted molar refractivity (Wildman–Crippen MR) is 88.2 cm³/mol. The molecule has 1 amide bonds. The first-order valence-corrected chi connectivity index (χ1v) is 7.60. The van der Waals surface area contributed by atoms with Gasteiger partial charge in [0.25, 0.3) is 5.91 Å². The molecule has 0 atom stereocenters. The van der Waals surface area contributed by atoms with Crippen molar-refractivity contribution >= 4 is 40.5 Å². The van der Waals surface area contributed by atoms with Crippen LogP contribution < -0.4 is 14.8 Å². The molecule has 6 nitrogen and oxygen atoms in total. The van der Waals surface area contributed by atoms with Crippen LogP contribution in [0.1, 0.15) is 20.0 Å². The fourth-order valence-corrected chi connectivity index (χ4v) is 2.82. The highest BCUT2D eigenvalue weighted by Crippen LogP contribution is 2.34. The van der Waals surface area contributed by atoms with Crippen molar-refractivity contribution in [1.82, 2.24) is 0 Å². The summed E-state index contributed by atoms with van der Waals surface area (Å²) in [4.78, 5) is 24.6. The average Bonchev–Trinajstić information content (AvgIpc) is 3.00. The molecule has 2 aromatic rings. The first-order valence-electron chi connectivity index (χ1n) is 6.41. The number of methoxy groups -OCH3 is 3. The van der Waals surface area contributed by atoms with Gasteiger partial charge in [0.15, 0.2) is 11.5 Å². The molecule has 0 saturated heterocycles. The zero-order valence-corrected chi connectivity index (χ0v) is 14.2. The number of hydrogen-bond acceptors (Lipinski definition) is 6. The lowest BCUT2D eigenvalue weighted by atomic mass is 10.1. The molecule has 0 radical (unpaired) electrons. The van der Waals surface area contributed by atoms with Gasteiger partial charge in [-0.1, -0.05) is 11.6 Å². The summed E-state index contributed by atoms with van der Waals surface area (Å²) in [7, 11) is 4.16. The van der Waals surface area contributed by atoms with Crippen LogP contribution in [0.5, 0.6) is 11.5 Å². The standard InChI is InChI=1S/C15H14ClNO5S/c1-20-10-6-8(15(19)22-3)9(7-11(10)21-2)17-14(18)12-4-5-13(16)23-12/h4-7H,1-3H3,(H,17,18). The second kappa shape index (κ2) is 7.34. The van der Waals surface area contributed by atoms with Gasteiger partial charge < -0.3 is 19.5 Å². The number of carbonyl (C=O) groups is 2. The number of nitrogens with one attached hydrogen (secondary N) is 1. The van der Waals surface area contributed by atoms with E-state index in [1.54, 1.807) is 12.1 Å². The molecule has 1 aromatic heterocycles. The second-order valence-electron chi connectivity index (χ2n) is 4.30. The van der Waals surface area contributed by atoms with E-state index in [1.165, 1.54) is 33.5 Å². The monoisotopic (exact) mass is 355 g/mol. The Hall–Kier alpha value is -2.25. The molecule has 0 aliphatic carbocycles. The van der Waals surface area contributed by atoms with Gasteiger partial charge in [-0.25, -0.2) is 4.79 Å². The quantitative estimate of drug-likeness (QED) is 0.831. The second-order valence-corrected chi connectivity index (χ2v) is 6.02. The summed E-state index contributed by atoms with van der Waals surface area (Å²) in [5.74, 6) is -0.269. The van der Waals surface area contributed by atoms with Gasteiger partial charge in [-0.05, 0) is 12.1 Å². The predicted octanol–water partition coefficient (Wildman–Crippen LogP) is 3.46. The Labute approximate surface area is 141 Å². The van der Waals surface area contributed by atoms with Crippen molar-refractivity contribution in [1.29, 1.82) is 0 Å². The van der Waals surface area contributed by atoms with E-state index in [0.29, 0.717) is 20.7 Å². The van der Waals surface area contributed by atoms with E-state index in [-0.39, 0.29) is 17.2 Å². The minimum Gasteiger partial charge on any atom is -0.493 e. The Morgan fingerprint density at radius 3 is 2.26 bits per heavy atom. The van der Waals surface area contributed by atoms with Gasteiger partial charge in [0.05, 0.1) is 41.8 Å². The van der Waals surface area contributed by atoms with Gasteiger partial charge in [-0.2, -0.15) is 0 Å². The molecule has 0 unspecified atom stereocenters. The van der Waals surface area contributed by atoms with Crippen molar-refractivity contribution in [3.63, 3.8) is 0 Å². The zero-order valence-electron chi connectivity index (χ0n) is 12.6. The Morgan fingerprint density at radius 2 is 1.74 bits per heavy atom. The number of carbonyl (C=O) groups excluding carboxylic acids is 2. The van der Waals surface area contributed by atoms with E-state index in [2.05, 4.69) is 5.32 Å². The van der Waals surface area contributed by atoms with Crippen molar-refractivity contribution in [2.45, 2.75) is 0 Å². The number of ether oxygens (including phenoxy) is 3. The fourth-order valence-electron chi connectivity index (χ4n) is 1.88. The Bertz CT molecular complexity index is 743. The molecule has 0 bridgehead atoms. The molecule has 0 spiro atoms. The molecule has 1 heterocycles. The van der Waals surface area contributed by atoms with Crippen molar-refractivity contribution < 1.29 is 23.8 Å². The number of esters is 1. The van der Waals surface area contributed by atoms with Crippen LogP contribution in [-0.2, 0) is 4.74 Å². The minimum absolute atomic E-state index is 0.154. The van der Waals surface area contributed by atoms with E-state index in [9.17, 15) is 9.59 Å². The van der Waals surface area contributed by atoms with Crippen LogP contribution in [0.15, 0.2) is 24.3 Å². The maximum atomic E-state index is 12.3. The van der Waals surface area contributed by atoms with Crippen LogP contribution in [0, 0.1) is 0 Å². The normalized spacial score (nSPS) is 10.1. The molecule has 0 aliphatic heterocycles. The van der Waals surface area contributed by atoms with Crippen molar-refractivity contribution in [3.8, 4) is 11.5 Å². The number of thiophene rings is 1. The van der Waals surface area contributed by atoms with Crippen molar-refractivity contribution in [2.24, 2.45) is 0 Å². The zero-order chi connectivity index (χ0) is 17.0. The number of rotatable bonds is 5. The van der Waals surface area contributed by atoms with E-state index in [4.69, 9.17) is 25.8 Å². The lowest BCUT2D eigenvalue weighted by Crippen LogP contribution is -2.15. The lowest BCUT2D eigenvalue weighted by Gasteiger charge is -2.14. The summed E-state index contributed by atoms with van der Waals surface area (Å²) in [6, 6.07) is 6.16. The van der Waals surface area contributed by atoms with Crippen LogP contribution in [0.2, 0.25) is 4.34 Å². The first kappa shape index (κ1) is 17.1. The third-order valence-electron chi connectivity index (χ3n) is 2.97. The molecule has 0 aliphatic rings. The molecule has 8 heteroatoms. The summed E-state index contributed by atoms with van der Waals surface area (Å²) in [5.41, 5.74) is 0.408. The Morgan fingerprint density at radius 1 is 1.09 bits per heavy atom. The number of amides is 1. The molecular weight excluding hydrogens is 342 g/mol. The van der Waals surface area contributed by atoms with Crippen molar-refractivity contribution in [3.05, 3.63) is 39.0 Å². The molecule has 122 valence electrons. The summed E-state index contributed by atoms with van der Waals surface area (Å²) in [6.45, 7) is 0. The van der Waals surface area contributed by atoms with Gasteiger partial charge in [0.1, 0.15) is 0 Å². The minimum atomic E-state index is -0.606. The van der Waals surface area contributed by atoms with Crippen LogP contribution in [0.3, 0.4) is 0 Å². The topological polar surface area (TPSA) is 73.9 Å². The third kappa shape index (κ3) is 3.75. The molecule has 2 rings (SSSR count). The van der Waals surface area contributed by atoms with Crippen molar-refractivity contribution in [2.75, 3.05) is 26.6 Å². The SMILES string of the molecule is COC(=O)c1cc(OC)c(OC)cc1NC(=O)c1ccc(Cl)s1. The average molecular weight is 356 g/mol. The van der Waals surface area contributed by atoms with E-state index in [1.807, 2.05) is 0 Å². The number of benzene rings is 1. The van der Waals surface area contributed by atoms with E-state index in [0.717, 1.165) is 11.3 Å². The molecule has 1 aromatic carbocycles. The number of halogens is 1. The summed E-state index contributed by atoms with van der Waals surface area (Å²) in [5, 5.41) is 2.66. The van der Waals surface area contributed by atoms with Crippen LogP contribution in [0.4, 0.5) is 5.69 Å². The summed E-state index contributed by atoms with van der Waals surface area (Å²) >= 11 is 6.96. The summed E-state index contributed by atoms with van der Waals surface area (Å²) < 4.78 is 15.6. The Balaban J connectivity index is 2.42.